The van der Waals surface area contributed by atoms with Gasteiger partial charge in [-0.15, -0.1) is 0 Å². The summed E-state index contributed by atoms with van der Waals surface area (Å²) in [4.78, 5) is 30.1. The second-order valence-corrected chi connectivity index (χ2v) is 8.39. The van der Waals surface area contributed by atoms with Crippen molar-refractivity contribution in [2.45, 2.75) is 44.0 Å². The molecule has 0 aromatic heterocycles. The molecule has 1 saturated carbocycles. The maximum absolute atomic E-state index is 14.0. The molecule has 4 unspecified atom stereocenters. The van der Waals surface area contributed by atoms with E-state index >= 15 is 0 Å². The van der Waals surface area contributed by atoms with Crippen LogP contribution < -0.4 is 0 Å². The largest absolute Gasteiger partial charge is 0.483 e. The SMILES string of the molecule is CN(C)CCCN1C(=O)C2=C(C(=O)C3CC(F)CCC3O2)C1c1cccc(F)c1. The van der Waals surface area contributed by atoms with Gasteiger partial charge in [0.15, 0.2) is 11.5 Å². The summed E-state index contributed by atoms with van der Waals surface area (Å²) < 4.78 is 33.9. The lowest BCUT2D eigenvalue weighted by molar-refractivity contribution is -0.136. The highest BCUT2D eigenvalue weighted by molar-refractivity contribution is 6.11. The summed E-state index contributed by atoms with van der Waals surface area (Å²) in [6.45, 7) is 1.19. The molecule has 5 nitrogen and oxygen atoms in total. The normalized spacial score (nSPS) is 29.2. The van der Waals surface area contributed by atoms with Crippen LogP contribution in [-0.2, 0) is 14.3 Å². The number of halogens is 2. The Morgan fingerprint density at radius 1 is 1.24 bits per heavy atom. The molecule has 0 radical (unpaired) electrons. The monoisotopic (exact) mass is 404 g/mol. The zero-order valence-electron chi connectivity index (χ0n) is 16.7. The predicted molar refractivity (Wildman–Crippen MR) is 103 cm³/mol. The van der Waals surface area contributed by atoms with Crippen LogP contribution in [0.4, 0.5) is 8.78 Å². The smallest absolute Gasteiger partial charge is 0.290 e. The number of carbonyl (C=O) groups is 2. The number of benzene rings is 1. The van der Waals surface area contributed by atoms with E-state index in [2.05, 4.69) is 0 Å². The first-order valence-corrected chi connectivity index (χ1v) is 10.2. The van der Waals surface area contributed by atoms with Crippen LogP contribution in [0.3, 0.4) is 0 Å². The van der Waals surface area contributed by atoms with Gasteiger partial charge in [0, 0.05) is 6.54 Å². The fraction of sp³-hybridized carbons (Fsp3) is 0.545. The molecule has 7 heteroatoms. The molecule has 3 aliphatic rings. The minimum absolute atomic E-state index is 0.0765. The van der Waals surface area contributed by atoms with Gasteiger partial charge in [-0.25, -0.2) is 8.78 Å². The molecular formula is C22H26F2N2O3. The van der Waals surface area contributed by atoms with E-state index in [4.69, 9.17) is 4.74 Å². The van der Waals surface area contributed by atoms with Gasteiger partial charge in [0.2, 0.25) is 0 Å². The lowest BCUT2D eigenvalue weighted by Gasteiger charge is -2.36. The summed E-state index contributed by atoms with van der Waals surface area (Å²) in [5.41, 5.74) is 0.803. The zero-order chi connectivity index (χ0) is 20.7. The molecule has 0 N–H and O–H groups in total. The first-order chi connectivity index (χ1) is 13.9. The number of alkyl halides is 1. The zero-order valence-corrected chi connectivity index (χ0v) is 16.7. The van der Waals surface area contributed by atoms with E-state index in [9.17, 15) is 18.4 Å². The van der Waals surface area contributed by atoms with Crippen molar-refractivity contribution < 1.29 is 23.1 Å². The third-order valence-electron chi connectivity index (χ3n) is 6.05. The predicted octanol–water partition coefficient (Wildman–Crippen LogP) is 3.02. The van der Waals surface area contributed by atoms with Crippen LogP contribution >= 0.6 is 0 Å². The highest BCUT2D eigenvalue weighted by Crippen LogP contribution is 2.47. The Morgan fingerprint density at radius 3 is 2.76 bits per heavy atom. The highest BCUT2D eigenvalue weighted by Gasteiger charge is 2.52. The highest BCUT2D eigenvalue weighted by atomic mass is 19.1. The summed E-state index contributed by atoms with van der Waals surface area (Å²) in [6, 6.07) is 5.28. The van der Waals surface area contributed by atoms with Crippen molar-refractivity contribution in [2.75, 3.05) is 27.2 Å². The average Bonchev–Trinajstić information content (AvgIpc) is 2.95. The topological polar surface area (TPSA) is 49.9 Å². The number of carbonyl (C=O) groups excluding carboxylic acids is 2. The van der Waals surface area contributed by atoms with E-state index in [1.165, 1.54) is 12.1 Å². The Hall–Kier alpha value is -2.28. The summed E-state index contributed by atoms with van der Waals surface area (Å²) >= 11 is 0. The molecule has 2 aliphatic heterocycles. The first-order valence-electron chi connectivity index (χ1n) is 10.2. The quantitative estimate of drug-likeness (QED) is 0.757. The number of amides is 1. The number of nitrogens with zero attached hydrogens (tertiary/aromatic N) is 2. The molecule has 156 valence electrons. The van der Waals surface area contributed by atoms with Gasteiger partial charge >= 0.3 is 0 Å². The van der Waals surface area contributed by atoms with Crippen LogP contribution in [0.2, 0.25) is 0 Å². The molecule has 4 atom stereocenters. The first kappa shape index (κ1) is 20.0. The lowest BCUT2D eigenvalue weighted by atomic mass is 9.77. The minimum Gasteiger partial charge on any atom is -0.483 e. The maximum atomic E-state index is 14.0. The molecule has 29 heavy (non-hydrogen) atoms. The lowest BCUT2D eigenvalue weighted by Crippen LogP contribution is -2.42. The average molecular weight is 404 g/mol. The molecule has 1 aromatic carbocycles. The molecule has 1 aromatic rings. The van der Waals surface area contributed by atoms with Crippen LogP contribution in [0.1, 0.15) is 37.3 Å². The van der Waals surface area contributed by atoms with Crippen LogP contribution in [0.25, 0.3) is 0 Å². The fourth-order valence-electron chi connectivity index (χ4n) is 4.67. The van der Waals surface area contributed by atoms with E-state index in [1.807, 2.05) is 19.0 Å². The summed E-state index contributed by atoms with van der Waals surface area (Å²) in [5.74, 6) is -1.49. The van der Waals surface area contributed by atoms with Gasteiger partial charge in [0.25, 0.3) is 5.91 Å². The van der Waals surface area contributed by atoms with Crippen molar-refractivity contribution in [1.29, 1.82) is 0 Å². The van der Waals surface area contributed by atoms with Gasteiger partial charge in [-0.3, -0.25) is 9.59 Å². The van der Waals surface area contributed by atoms with Crippen molar-refractivity contribution in [2.24, 2.45) is 5.92 Å². The Bertz CT molecular complexity index is 854. The number of rotatable bonds is 5. The number of Topliss-reactive ketones (excluding diaryl/α,β-unsaturated/α-hetero) is 1. The summed E-state index contributed by atoms with van der Waals surface area (Å²) in [7, 11) is 3.90. The molecule has 4 rings (SSSR count). The van der Waals surface area contributed by atoms with Crippen LogP contribution in [0.15, 0.2) is 35.6 Å². The van der Waals surface area contributed by atoms with Crippen LogP contribution in [-0.4, -0.2) is 61.0 Å². The Kier molecular flexibility index (Phi) is 5.42. The molecule has 1 aliphatic carbocycles. The van der Waals surface area contributed by atoms with Crippen molar-refractivity contribution >= 4 is 11.7 Å². The second kappa shape index (κ2) is 7.86. The molecule has 0 saturated heterocycles. The Labute approximate surface area is 169 Å². The molecule has 1 amide bonds. The number of fused-ring (bicyclic) bond motifs is 1. The molecule has 0 bridgehead atoms. The van der Waals surface area contributed by atoms with Crippen molar-refractivity contribution in [1.82, 2.24) is 9.80 Å². The number of ether oxygens (including phenoxy) is 1. The molecule has 0 spiro atoms. The number of ketones is 1. The number of hydrogen-bond donors (Lipinski definition) is 0. The van der Waals surface area contributed by atoms with E-state index in [0.29, 0.717) is 31.4 Å². The third kappa shape index (κ3) is 3.68. The van der Waals surface area contributed by atoms with Gasteiger partial charge in [-0.1, -0.05) is 12.1 Å². The third-order valence-corrected chi connectivity index (χ3v) is 6.05. The van der Waals surface area contributed by atoms with Crippen LogP contribution in [0, 0.1) is 11.7 Å². The Morgan fingerprint density at radius 2 is 2.03 bits per heavy atom. The second-order valence-electron chi connectivity index (χ2n) is 8.39. The van der Waals surface area contributed by atoms with E-state index < -0.39 is 30.1 Å². The maximum Gasteiger partial charge on any atom is 0.290 e. The minimum atomic E-state index is -1.04. The van der Waals surface area contributed by atoms with Crippen molar-refractivity contribution in [3.05, 3.63) is 47.0 Å². The molecule has 1 fully saturated rings. The van der Waals surface area contributed by atoms with E-state index in [-0.39, 0.29) is 29.4 Å². The van der Waals surface area contributed by atoms with Gasteiger partial charge < -0.3 is 14.5 Å². The van der Waals surface area contributed by atoms with Gasteiger partial charge in [-0.2, -0.15) is 0 Å². The fourth-order valence-corrected chi connectivity index (χ4v) is 4.67. The molecule has 2 heterocycles. The Balaban J connectivity index is 1.71. The van der Waals surface area contributed by atoms with Crippen molar-refractivity contribution in [3.8, 4) is 0 Å². The van der Waals surface area contributed by atoms with Gasteiger partial charge in [-0.05, 0) is 64.0 Å². The van der Waals surface area contributed by atoms with E-state index in [1.54, 1.807) is 17.0 Å². The van der Waals surface area contributed by atoms with Crippen LogP contribution in [0.5, 0.6) is 0 Å². The van der Waals surface area contributed by atoms with Gasteiger partial charge in [0.05, 0.1) is 17.5 Å². The van der Waals surface area contributed by atoms with Gasteiger partial charge in [0.1, 0.15) is 18.1 Å². The number of hydrogen-bond acceptors (Lipinski definition) is 4. The van der Waals surface area contributed by atoms with Crippen molar-refractivity contribution in [3.63, 3.8) is 0 Å². The standard InChI is InChI=1S/C22H26F2N2O3/c1-25(2)9-4-10-26-19(13-5-3-6-14(23)11-13)18-20(27)16-12-15(24)7-8-17(16)29-21(18)22(26)28/h3,5-6,11,15-17,19H,4,7-10,12H2,1-2H3. The summed E-state index contributed by atoms with van der Waals surface area (Å²) in [6.07, 6.45) is 0.0979. The molecular weight excluding hydrogens is 378 g/mol. The summed E-state index contributed by atoms with van der Waals surface area (Å²) in [5, 5.41) is 0. The van der Waals surface area contributed by atoms with E-state index in [0.717, 1.165) is 6.54 Å².